The molecule has 1 saturated heterocycles. The summed E-state index contributed by atoms with van der Waals surface area (Å²) >= 11 is 6.22. The first kappa shape index (κ1) is 21.1. The fourth-order valence-electron chi connectivity index (χ4n) is 4.36. The number of likely N-dealkylation sites (tertiary alicyclic amines) is 1. The highest BCUT2D eigenvalue weighted by Gasteiger charge is 2.51. The van der Waals surface area contributed by atoms with Crippen molar-refractivity contribution in [3.8, 4) is 5.75 Å². The molecule has 1 heterocycles. The molecule has 1 atom stereocenters. The van der Waals surface area contributed by atoms with Gasteiger partial charge in [-0.15, -0.1) is 0 Å². The Hall–Kier alpha value is -1.59. The SMILES string of the molecule is Cc1cc(OC[C@@H](O)CN2C(=O)CC3(CCCCC3)C2=O)c(C(C)C)cc1Cl. The zero-order valence-electron chi connectivity index (χ0n) is 17.0. The highest BCUT2D eigenvalue weighted by Crippen LogP contribution is 2.45. The number of rotatable bonds is 6. The summed E-state index contributed by atoms with van der Waals surface area (Å²) in [5.74, 6) is 0.620. The van der Waals surface area contributed by atoms with E-state index in [1.54, 1.807) is 0 Å². The summed E-state index contributed by atoms with van der Waals surface area (Å²) in [4.78, 5) is 26.5. The summed E-state index contributed by atoms with van der Waals surface area (Å²) in [6.45, 7) is 6.01. The molecule has 0 unspecified atom stereocenters. The molecule has 1 spiro atoms. The Morgan fingerprint density at radius 3 is 2.54 bits per heavy atom. The molecule has 0 aromatic heterocycles. The van der Waals surface area contributed by atoms with Gasteiger partial charge in [0.25, 0.3) is 0 Å². The lowest BCUT2D eigenvalue weighted by atomic mass is 9.73. The highest BCUT2D eigenvalue weighted by atomic mass is 35.5. The fourth-order valence-corrected chi connectivity index (χ4v) is 4.53. The maximum absolute atomic E-state index is 12.9. The van der Waals surface area contributed by atoms with E-state index < -0.39 is 11.5 Å². The molecule has 2 fully saturated rings. The molecule has 1 aromatic rings. The van der Waals surface area contributed by atoms with Crippen molar-refractivity contribution in [3.63, 3.8) is 0 Å². The first-order valence-electron chi connectivity index (χ1n) is 10.2. The summed E-state index contributed by atoms with van der Waals surface area (Å²) in [6, 6.07) is 3.76. The van der Waals surface area contributed by atoms with E-state index in [4.69, 9.17) is 16.3 Å². The van der Waals surface area contributed by atoms with Gasteiger partial charge < -0.3 is 9.84 Å². The number of carbonyl (C=O) groups excluding carboxylic acids is 2. The third kappa shape index (κ3) is 4.20. The number of aliphatic hydroxyl groups is 1. The van der Waals surface area contributed by atoms with Crippen LogP contribution >= 0.6 is 11.6 Å². The third-order valence-corrected chi connectivity index (χ3v) is 6.44. The molecule has 1 saturated carbocycles. The molecular weight excluding hydrogens is 378 g/mol. The second-order valence-corrected chi connectivity index (χ2v) is 8.99. The van der Waals surface area contributed by atoms with E-state index in [1.807, 2.05) is 19.1 Å². The smallest absolute Gasteiger partial charge is 0.235 e. The number of halogens is 1. The number of nitrogens with zero attached hydrogens (tertiary/aromatic N) is 1. The predicted octanol–water partition coefficient (Wildman–Crippen LogP) is 4.22. The number of aryl methyl sites for hydroxylation is 1. The topological polar surface area (TPSA) is 66.8 Å². The summed E-state index contributed by atoms with van der Waals surface area (Å²) in [5, 5.41) is 11.1. The maximum Gasteiger partial charge on any atom is 0.235 e. The van der Waals surface area contributed by atoms with Gasteiger partial charge in [-0.05, 0) is 48.9 Å². The number of amides is 2. The lowest BCUT2D eigenvalue weighted by Gasteiger charge is -2.30. The number of hydrogen-bond acceptors (Lipinski definition) is 4. The molecule has 0 radical (unpaired) electrons. The molecule has 6 heteroatoms. The van der Waals surface area contributed by atoms with Gasteiger partial charge in [0, 0.05) is 11.4 Å². The van der Waals surface area contributed by atoms with Gasteiger partial charge in [0.15, 0.2) is 0 Å². The van der Waals surface area contributed by atoms with E-state index >= 15 is 0 Å². The minimum Gasteiger partial charge on any atom is -0.491 e. The Morgan fingerprint density at radius 2 is 1.89 bits per heavy atom. The van der Waals surface area contributed by atoms with Gasteiger partial charge in [-0.2, -0.15) is 0 Å². The molecule has 2 amide bonds. The first-order valence-corrected chi connectivity index (χ1v) is 10.6. The van der Waals surface area contributed by atoms with Crippen molar-refractivity contribution < 1.29 is 19.4 Å². The first-order chi connectivity index (χ1) is 13.2. The van der Waals surface area contributed by atoms with E-state index in [-0.39, 0.29) is 37.3 Å². The van der Waals surface area contributed by atoms with Gasteiger partial charge in [0.05, 0.1) is 12.0 Å². The van der Waals surface area contributed by atoms with Gasteiger partial charge in [0.2, 0.25) is 11.8 Å². The fraction of sp³-hybridized carbons (Fsp3) is 0.636. The van der Waals surface area contributed by atoms with Crippen molar-refractivity contribution in [2.24, 2.45) is 5.41 Å². The van der Waals surface area contributed by atoms with Crippen LogP contribution in [0.5, 0.6) is 5.75 Å². The van der Waals surface area contributed by atoms with Crippen molar-refractivity contribution in [1.82, 2.24) is 4.90 Å². The van der Waals surface area contributed by atoms with Crippen LogP contribution in [0.4, 0.5) is 0 Å². The number of imide groups is 1. The summed E-state index contributed by atoms with van der Waals surface area (Å²) in [6.07, 6.45) is 4.03. The molecule has 1 N–H and O–H groups in total. The van der Waals surface area contributed by atoms with Crippen molar-refractivity contribution in [1.29, 1.82) is 0 Å². The Morgan fingerprint density at radius 1 is 1.21 bits per heavy atom. The predicted molar refractivity (Wildman–Crippen MR) is 109 cm³/mol. The third-order valence-electron chi connectivity index (χ3n) is 6.04. The van der Waals surface area contributed by atoms with E-state index in [0.717, 1.165) is 43.2 Å². The Kier molecular flexibility index (Phi) is 6.35. The summed E-state index contributed by atoms with van der Waals surface area (Å²) in [5.41, 5.74) is 1.35. The Labute approximate surface area is 172 Å². The van der Waals surface area contributed by atoms with Crippen LogP contribution in [0.3, 0.4) is 0 Å². The van der Waals surface area contributed by atoms with Crippen LogP contribution in [0.25, 0.3) is 0 Å². The Balaban J connectivity index is 1.63. The minimum atomic E-state index is -0.928. The molecular formula is C22H30ClNO4. The molecule has 5 nitrogen and oxygen atoms in total. The van der Waals surface area contributed by atoms with Gasteiger partial charge in [0.1, 0.15) is 18.5 Å². The zero-order valence-corrected chi connectivity index (χ0v) is 17.7. The van der Waals surface area contributed by atoms with Crippen LogP contribution in [0.2, 0.25) is 5.02 Å². The van der Waals surface area contributed by atoms with Gasteiger partial charge in [-0.25, -0.2) is 0 Å². The highest BCUT2D eigenvalue weighted by molar-refractivity contribution is 6.31. The van der Waals surface area contributed by atoms with Crippen LogP contribution in [0, 0.1) is 12.3 Å². The lowest BCUT2D eigenvalue weighted by molar-refractivity contribution is -0.144. The summed E-state index contributed by atoms with van der Waals surface area (Å²) < 4.78 is 5.86. The van der Waals surface area contributed by atoms with Crippen molar-refractivity contribution >= 4 is 23.4 Å². The number of ether oxygens (including phenoxy) is 1. The van der Waals surface area contributed by atoms with Crippen LogP contribution in [0.1, 0.15) is 69.4 Å². The molecule has 1 aliphatic heterocycles. The number of carbonyl (C=O) groups is 2. The lowest BCUT2D eigenvalue weighted by Crippen LogP contribution is -2.42. The minimum absolute atomic E-state index is 0.0109. The Bertz CT molecular complexity index is 755. The van der Waals surface area contributed by atoms with Crippen LogP contribution in [-0.2, 0) is 9.59 Å². The van der Waals surface area contributed by atoms with Crippen molar-refractivity contribution in [3.05, 3.63) is 28.3 Å². The molecule has 1 aromatic carbocycles. The number of β-amino-alcohol motifs (C(OH)–C–C–N with tert-alkyl or cyclic N) is 1. The van der Waals surface area contributed by atoms with Crippen molar-refractivity contribution in [2.75, 3.05) is 13.2 Å². The van der Waals surface area contributed by atoms with Crippen LogP contribution in [0.15, 0.2) is 12.1 Å². The molecule has 3 rings (SSSR count). The van der Waals surface area contributed by atoms with Crippen LogP contribution in [-0.4, -0.2) is 41.1 Å². The van der Waals surface area contributed by atoms with E-state index in [0.29, 0.717) is 10.8 Å². The average molecular weight is 408 g/mol. The van der Waals surface area contributed by atoms with Crippen molar-refractivity contribution in [2.45, 2.75) is 71.3 Å². The molecule has 28 heavy (non-hydrogen) atoms. The number of hydrogen-bond donors (Lipinski definition) is 1. The average Bonchev–Trinajstić information content (AvgIpc) is 2.86. The molecule has 0 bridgehead atoms. The normalized spacial score (nSPS) is 20.3. The van der Waals surface area contributed by atoms with Gasteiger partial charge in [-0.3, -0.25) is 14.5 Å². The van der Waals surface area contributed by atoms with Gasteiger partial charge in [-0.1, -0.05) is 44.7 Å². The zero-order chi connectivity index (χ0) is 20.5. The van der Waals surface area contributed by atoms with Gasteiger partial charge >= 0.3 is 0 Å². The van der Waals surface area contributed by atoms with E-state index in [9.17, 15) is 14.7 Å². The molecule has 154 valence electrons. The monoisotopic (exact) mass is 407 g/mol. The number of aliphatic hydroxyl groups excluding tert-OH is 1. The van der Waals surface area contributed by atoms with E-state index in [1.165, 1.54) is 4.90 Å². The quantitative estimate of drug-likeness (QED) is 0.717. The molecule has 1 aliphatic carbocycles. The molecule has 2 aliphatic rings. The largest absolute Gasteiger partial charge is 0.491 e. The standard InChI is InChI=1S/C22H30ClNO4/c1-14(2)17-10-18(23)15(3)9-19(17)28-13-16(25)12-24-20(26)11-22(21(24)27)7-5-4-6-8-22/h9-10,14,16,25H,4-8,11-13H2,1-3H3/t16-/m0/s1. The second kappa shape index (κ2) is 8.42. The summed E-state index contributed by atoms with van der Waals surface area (Å²) in [7, 11) is 0. The maximum atomic E-state index is 12.9. The van der Waals surface area contributed by atoms with Crippen LogP contribution < -0.4 is 4.74 Å². The number of benzene rings is 1. The van der Waals surface area contributed by atoms with E-state index in [2.05, 4.69) is 13.8 Å². The second-order valence-electron chi connectivity index (χ2n) is 8.59.